The summed E-state index contributed by atoms with van der Waals surface area (Å²) in [6.45, 7) is 2.55. The quantitative estimate of drug-likeness (QED) is 0.571. The molecular weight excluding hydrogens is 334 g/mol. The number of amides is 1. The zero-order chi connectivity index (χ0) is 18.9. The molecule has 0 radical (unpaired) electrons. The van der Waals surface area contributed by atoms with Crippen LogP contribution in [-0.4, -0.2) is 12.5 Å². The van der Waals surface area contributed by atoms with Crippen molar-refractivity contribution in [1.82, 2.24) is 5.32 Å². The van der Waals surface area contributed by atoms with Gasteiger partial charge >= 0.3 is 0 Å². The Balaban J connectivity index is 1.56. The van der Waals surface area contributed by atoms with Crippen molar-refractivity contribution in [1.29, 1.82) is 0 Å². The summed E-state index contributed by atoms with van der Waals surface area (Å²) in [5.41, 5.74) is 3.26. The minimum atomic E-state index is -0.141. The van der Waals surface area contributed by atoms with E-state index in [4.69, 9.17) is 4.74 Å². The Labute approximate surface area is 161 Å². The van der Waals surface area contributed by atoms with E-state index in [1.54, 1.807) is 0 Å². The highest BCUT2D eigenvalue weighted by Gasteiger charge is 2.16. The van der Waals surface area contributed by atoms with Gasteiger partial charge in [0.05, 0.1) is 12.6 Å². The molecule has 27 heavy (non-hydrogen) atoms. The van der Waals surface area contributed by atoms with Crippen LogP contribution in [0.25, 0.3) is 0 Å². The van der Waals surface area contributed by atoms with Crippen LogP contribution in [0, 0.1) is 6.92 Å². The lowest BCUT2D eigenvalue weighted by atomic mass is 9.98. The summed E-state index contributed by atoms with van der Waals surface area (Å²) in [4.78, 5) is 12.5. The molecule has 3 aromatic rings. The van der Waals surface area contributed by atoms with Gasteiger partial charge in [0.15, 0.2) is 0 Å². The van der Waals surface area contributed by atoms with Gasteiger partial charge in [0, 0.05) is 6.42 Å². The fourth-order valence-corrected chi connectivity index (χ4v) is 3.02. The van der Waals surface area contributed by atoms with E-state index in [9.17, 15) is 4.79 Å². The normalized spacial score (nSPS) is 10.6. The highest BCUT2D eigenvalue weighted by atomic mass is 16.5. The molecule has 1 amide bonds. The smallest absolute Gasteiger partial charge is 0.220 e. The molecule has 0 saturated carbocycles. The van der Waals surface area contributed by atoms with Crippen LogP contribution in [0.5, 0.6) is 5.75 Å². The van der Waals surface area contributed by atoms with E-state index in [1.807, 2.05) is 91.9 Å². The molecule has 3 rings (SSSR count). The molecule has 0 heterocycles. The van der Waals surface area contributed by atoms with Crippen LogP contribution in [-0.2, 0) is 4.79 Å². The fraction of sp³-hybridized carbons (Fsp3) is 0.208. The predicted molar refractivity (Wildman–Crippen MR) is 109 cm³/mol. The van der Waals surface area contributed by atoms with E-state index in [1.165, 1.54) is 0 Å². The lowest BCUT2D eigenvalue weighted by Crippen LogP contribution is -2.29. The third kappa shape index (κ3) is 5.45. The number of aryl methyl sites for hydroxylation is 1. The molecule has 0 aliphatic heterocycles. The number of carbonyl (C=O) groups excluding carboxylic acids is 1. The summed E-state index contributed by atoms with van der Waals surface area (Å²) in [5, 5.41) is 3.17. The zero-order valence-electron chi connectivity index (χ0n) is 15.6. The van der Waals surface area contributed by atoms with Crippen molar-refractivity contribution in [2.24, 2.45) is 0 Å². The van der Waals surface area contributed by atoms with Gasteiger partial charge < -0.3 is 10.1 Å². The van der Waals surface area contributed by atoms with Crippen molar-refractivity contribution in [2.75, 3.05) is 6.61 Å². The second kappa shape index (κ2) is 9.58. The van der Waals surface area contributed by atoms with E-state index in [2.05, 4.69) is 5.32 Å². The van der Waals surface area contributed by atoms with Gasteiger partial charge in [-0.05, 0) is 36.1 Å². The molecule has 0 fully saturated rings. The number of hydrogen-bond acceptors (Lipinski definition) is 2. The monoisotopic (exact) mass is 359 g/mol. The second-order valence-electron chi connectivity index (χ2n) is 6.54. The molecule has 0 bridgehead atoms. The van der Waals surface area contributed by atoms with Crippen LogP contribution in [0.15, 0.2) is 84.9 Å². The summed E-state index contributed by atoms with van der Waals surface area (Å²) in [6.07, 6.45) is 1.11. The van der Waals surface area contributed by atoms with Crippen LogP contribution >= 0.6 is 0 Å². The average molecular weight is 359 g/mol. The number of hydrogen-bond donors (Lipinski definition) is 1. The third-order valence-corrected chi connectivity index (χ3v) is 4.47. The molecule has 0 unspecified atom stereocenters. The molecule has 0 spiro atoms. The Morgan fingerprint density at radius 2 is 1.41 bits per heavy atom. The van der Waals surface area contributed by atoms with E-state index < -0.39 is 0 Å². The van der Waals surface area contributed by atoms with Crippen molar-refractivity contribution >= 4 is 5.91 Å². The first-order valence-corrected chi connectivity index (χ1v) is 9.32. The minimum absolute atomic E-state index is 0.0288. The van der Waals surface area contributed by atoms with Crippen molar-refractivity contribution in [3.8, 4) is 5.75 Å². The number of rotatable bonds is 8. The van der Waals surface area contributed by atoms with Gasteiger partial charge in [-0.2, -0.15) is 0 Å². The summed E-state index contributed by atoms with van der Waals surface area (Å²) in [6, 6.07) is 27.9. The first-order valence-electron chi connectivity index (χ1n) is 9.32. The van der Waals surface area contributed by atoms with E-state index in [0.29, 0.717) is 19.4 Å². The van der Waals surface area contributed by atoms with Crippen LogP contribution in [0.1, 0.15) is 35.6 Å². The second-order valence-corrected chi connectivity index (χ2v) is 6.54. The van der Waals surface area contributed by atoms with Gasteiger partial charge in [0.2, 0.25) is 5.91 Å². The molecular formula is C24H25NO2. The molecule has 138 valence electrons. The first-order chi connectivity index (χ1) is 13.2. The Morgan fingerprint density at radius 1 is 0.852 bits per heavy atom. The molecule has 0 aromatic heterocycles. The van der Waals surface area contributed by atoms with Crippen molar-refractivity contribution in [3.63, 3.8) is 0 Å². The Hall–Kier alpha value is -3.07. The Kier molecular flexibility index (Phi) is 6.64. The fourth-order valence-electron chi connectivity index (χ4n) is 3.02. The minimum Gasteiger partial charge on any atom is -0.493 e. The molecule has 1 N–H and O–H groups in total. The maximum atomic E-state index is 12.5. The van der Waals surface area contributed by atoms with Crippen molar-refractivity contribution in [3.05, 3.63) is 102 Å². The van der Waals surface area contributed by atoms with E-state index in [0.717, 1.165) is 22.4 Å². The maximum Gasteiger partial charge on any atom is 0.220 e. The Morgan fingerprint density at radius 3 is 2.00 bits per heavy atom. The average Bonchev–Trinajstić information content (AvgIpc) is 2.72. The van der Waals surface area contributed by atoms with Gasteiger partial charge in [-0.15, -0.1) is 0 Å². The number of carbonyl (C=O) groups is 1. The number of benzene rings is 3. The zero-order valence-corrected chi connectivity index (χ0v) is 15.6. The maximum absolute atomic E-state index is 12.5. The molecule has 3 nitrogen and oxygen atoms in total. The van der Waals surface area contributed by atoms with Gasteiger partial charge in [-0.3, -0.25) is 4.79 Å². The van der Waals surface area contributed by atoms with Gasteiger partial charge in [-0.25, -0.2) is 0 Å². The van der Waals surface area contributed by atoms with Gasteiger partial charge in [-0.1, -0.05) is 78.9 Å². The van der Waals surface area contributed by atoms with Crippen LogP contribution < -0.4 is 10.1 Å². The molecule has 0 atom stereocenters. The molecule has 0 aliphatic rings. The van der Waals surface area contributed by atoms with Crippen molar-refractivity contribution < 1.29 is 9.53 Å². The van der Waals surface area contributed by atoms with Crippen LogP contribution in [0.2, 0.25) is 0 Å². The largest absolute Gasteiger partial charge is 0.493 e. The van der Waals surface area contributed by atoms with Crippen LogP contribution in [0.3, 0.4) is 0 Å². The lowest BCUT2D eigenvalue weighted by Gasteiger charge is -2.20. The highest BCUT2D eigenvalue weighted by Crippen LogP contribution is 2.22. The molecule has 3 aromatic carbocycles. The predicted octanol–water partition coefficient (Wildman–Crippen LogP) is 5.06. The lowest BCUT2D eigenvalue weighted by molar-refractivity contribution is -0.121. The summed E-state index contributed by atoms with van der Waals surface area (Å²) >= 11 is 0. The highest BCUT2D eigenvalue weighted by molar-refractivity contribution is 5.77. The van der Waals surface area contributed by atoms with Crippen LogP contribution in [0.4, 0.5) is 0 Å². The standard InChI is InChI=1S/C24H25NO2/c1-19-11-8-9-16-22(19)27-18-10-17-23(26)25-24(20-12-4-2-5-13-20)21-14-6-3-7-15-21/h2-9,11-16,24H,10,17-18H2,1H3,(H,25,26). The molecule has 0 saturated heterocycles. The number of nitrogens with one attached hydrogen (secondary N) is 1. The SMILES string of the molecule is Cc1ccccc1OCCCC(=O)NC(c1ccccc1)c1ccccc1. The number of para-hydroxylation sites is 1. The van der Waals surface area contributed by atoms with Crippen molar-refractivity contribution in [2.45, 2.75) is 25.8 Å². The summed E-state index contributed by atoms with van der Waals surface area (Å²) < 4.78 is 5.78. The topological polar surface area (TPSA) is 38.3 Å². The Bertz CT molecular complexity index is 807. The van der Waals surface area contributed by atoms with E-state index in [-0.39, 0.29) is 11.9 Å². The summed E-state index contributed by atoms with van der Waals surface area (Å²) in [7, 11) is 0. The molecule has 0 aliphatic carbocycles. The number of ether oxygens (including phenoxy) is 1. The summed E-state index contributed by atoms with van der Waals surface area (Å²) in [5.74, 6) is 0.908. The molecule has 3 heteroatoms. The van der Waals surface area contributed by atoms with Gasteiger partial charge in [0.25, 0.3) is 0 Å². The van der Waals surface area contributed by atoms with E-state index >= 15 is 0 Å². The van der Waals surface area contributed by atoms with Gasteiger partial charge in [0.1, 0.15) is 5.75 Å². The first kappa shape index (κ1) is 18.7. The third-order valence-electron chi connectivity index (χ3n) is 4.47.